The van der Waals surface area contributed by atoms with Crippen LogP contribution in [0.5, 0.6) is 0 Å². The van der Waals surface area contributed by atoms with E-state index in [9.17, 15) is 9.18 Å². The van der Waals surface area contributed by atoms with E-state index >= 15 is 0 Å². The summed E-state index contributed by atoms with van der Waals surface area (Å²) in [6.45, 7) is 0. The summed E-state index contributed by atoms with van der Waals surface area (Å²) in [6.07, 6.45) is 1.40. The number of nitrogens with zero attached hydrogens (tertiary/aromatic N) is 1. The Morgan fingerprint density at radius 2 is 2.24 bits per heavy atom. The van der Waals surface area contributed by atoms with Gasteiger partial charge in [-0.25, -0.2) is 9.82 Å². The molecule has 0 saturated heterocycles. The first-order valence-corrected chi connectivity index (χ1v) is 5.76. The summed E-state index contributed by atoms with van der Waals surface area (Å²) in [7, 11) is 0. The molecule has 1 heterocycles. The van der Waals surface area contributed by atoms with Crippen molar-refractivity contribution >= 4 is 23.5 Å². The number of thiophene rings is 1. The number of hydrazone groups is 1. The van der Waals surface area contributed by atoms with Crippen LogP contribution in [-0.4, -0.2) is 12.1 Å². The normalized spacial score (nSPS) is 10.6. The zero-order valence-corrected chi connectivity index (χ0v) is 9.58. The molecule has 0 bridgehead atoms. The lowest BCUT2D eigenvalue weighted by atomic mass is 10.2. The maximum Gasteiger partial charge on any atom is 0.281 e. The molecule has 1 N–H and O–H groups in total. The van der Waals surface area contributed by atoms with Gasteiger partial charge >= 0.3 is 0 Å². The van der Waals surface area contributed by atoms with Crippen molar-refractivity contribution in [2.45, 2.75) is 0 Å². The highest BCUT2D eigenvalue weighted by Gasteiger charge is 2.03. The van der Waals surface area contributed by atoms with Crippen molar-refractivity contribution in [2.24, 2.45) is 5.10 Å². The Balaban J connectivity index is 1.96. The van der Waals surface area contributed by atoms with Gasteiger partial charge < -0.3 is 0 Å². The molecule has 2 aromatic rings. The quantitative estimate of drug-likeness (QED) is 0.658. The lowest BCUT2D eigenvalue weighted by Crippen LogP contribution is -2.16. The van der Waals surface area contributed by atoms with Gasteiger partial charge in [0, 0.05) is 0 Å². The highest BCUT2D eigenvalue weighted by molar-refractivity contribution is 7.12. The van der Waals surface area contributed by atoms with Gasteiger partial charge in [-0.2, -0.15) is 5.10 Å². The standard InChI is InChI=1S/C12H9FN2OS/c13-10-4-1-3-9(7-10)8-14-15-12(16)11-5-2-6-17-11/h1-8H,(H,15,16). The van der Waals surface area contributed by atoms with Gasteiger partial charge in [0.25, 0.3) is 5.91 Å². The van der Waals surface area contributed by atoms with Crippen LogP contribution in [0.15, 0.2) is 46.9 Å². The molecule has 17 heavy (non-hydrogen) atoms. The van der Waals surface area contributed by atoms with E-state index in [4.69, 9.17) is 0 Å². The molecule has 0 saturated carbocycles. The number of benzene rings is 1. The van der Waals surface area contributed by atoms with Gasteiger partial charge in [-0.15, -0.1) is 11.3 Å². The Morgan fingerprint density at radius 3 is 2.94 bits per heavy atom. The van der Waals surface area contributed by atoms with Crippen LogP contribution in [0.3, 0.4) is 0 Å². The SMILES string of the molecule is O=C(NN=Cc1cccc(F)c1)c1cccs1. The average molecular weight is 248 g/mol. The van der Waals surface area contributed by atoms with Crippen LogP contribution in [0, 0.1) is 5.82 Å². The number of carbonyl (C=O) groups is 1. The summed E-state index contributed by atoms with van der Waals surface area (Å²) in [5.74, 6) is -0.605. The Hall–Kier alpha value is -2.01. The summed E-state index contributed by atoms with van der Waals surface area (Å²) < 4.78 is 12.8. The lowest BCUT2D eigenvalue weighted by molar-refractivity contribution is 0.0959. The summed E-state index contributed by atoms with van der Waals surface area (Å²) in [5.41, 5.74) is 2.97. The fraction of sp³-hybridized carbons (Fsp3) is 0. The van der Waals surface area contributed by atoms with Gasteiger partial charge in [0.1, 0.15) is 5.82 Å². The van der Waals surface area contributed by atoms with Crippen LogP contribution in [0.1, 0.15) is 15.2 Å². The smallest absolute Gasteiger partial charge is 0.266 e. The van der Waals surface area contributed by atoms with E-state index in [2.05, 4.69) is 10.5 Å². The van der Waals surface area contributed by atoms with E-state index in [-0.39, 0.29) is 11.7 Å². The fourth-order valence-corrected chi connectivity index (χ4v) is 1.83. The predicted molar refractivity (Wildman–Crippen MR) is 65.8 cm³/mol. The van der Waals surface area contributed by atoms with E-state index in [1.807, 2.05) is 5.38 Å². The molecular weight excluding hydrogens is 239 g/mol. The Morgan fingerprint density at radius 1 is 1.35 bits per heavy atom. The molecule has 1 aromatic heterocycles. The van der Waals surface area contributed by atoms with Crippen molar-refractivity contribution in [3.63, 3.8) is 0 Å². The molecule has 0 aliphatic rings. The van der Waals surface area contributed by atoms with E-state index in [1.54, 1.807) is 24.3 Å². The fourth-order valence-electron chi connectivity index (χ4n) is 1.22. The van der Waals surface area contributed by atoms with E-state index in [0.29, 0.717) is 10.4 Å². The number of halogens is 1. The van der Waals surface area contributed by atoms with E-state index < -0.39 is 0 Å². The maximum absolute atomic E-state index is 12.8. The summed E-state index contributed by atoms with van der Waals surface area (Å²) in [4.78, 5) is 12.1. The molecule has 0 unspecified atom stereocenters. The van der Waals surface area contributed by atoms with Crippen LogP contribution < -0.4 is 5.43 Å². The molecule has 2 rings (SSSR count). The van der Waals surface area contributed by atoms with Gasteiger partial charge in [0.2, 0.25) is 0 Å². The monoisotopic (exact) mass is 248 g/mol. The van der Waals surface area contributed by atoms with Crippen molar-refractivity contribution in [1.82, 2.24) is 5.43 Å². The summed E-state index contributed by atoms with van der Waals surface area (Å²) in [5, 5.41) is 5.56. The first-order valence-electron chi connectivity index (χ1n) is 4.88. The average Bonchev–Trinajstić information content (AvgIpc) is 2.82. The number of carbonyl (C=O) groups excluding carboxylic acids is 1. The van der Waals surface area contributed by atoms with Crippen molar-refractivity contribution in [1.29, 1.82) is 0 Å². The lowest BCUT2D eigenvalue weighted by Gasteiger charge is -1.96. The highest BCUT2D eigenvalue weighted by atomic mass is 32.1. The van der Waals surface area contributed by atoms with Gasteiger partial charge in [-0.05, 0) is 29.1 Å². The molecule has 0 aliphatic carbocycles. The molecule has 0 spiro atoms. The largest absolute Gasteiger partial charge is 0.281 e. The van der Waals surface area contributed by atoms with Crippen LogP contribution >= 0.6 is 11.3 Å². The molecule has 0 fully saturated rings. The Labute approximate surface area is 102 Å². The summed E-state index contributed by atoms with van der Waals surface area (Å²) >= 11 is 1.33. The maximum atomic E-state index is 12.8. The molecule has 1 aromatic carbocycles. The third kappa shape index (κ3) is 3.22. The minimum atomic E-state index is -0.335. The predicted octanol–water partition coefficient (Wildman–Crippen LogP) is 2.65. The van der Waals surface area contributed by atoms with Crippen molar-refractivity contribution in [3.05, 3.63) is 58.0 Å². The molecule has 86 valence electrons. The second-order valence-electron chi connectivity index (χ2n) is 3.23. The molecule has 3 nitrogen and oxygen atoms in total. The van der Waals surface area contributed by atoms with Crippen LogP contribution in [-0.2, 0) is 0 Å². The minimum Gasteiger partial charge on any atom is -0.266 e. The third-order valence-corrected chi connectivity index (χ3v) is 2.84. The van der Waals surface area contributed by atoms with Crippen molar-refractivity contribution < 1.29 is 9.18 Å². The van der Waals surface area contributed by atoms with E-state index in [0.717, 1.165) is 0 Å². The topological polar surface area (TPSA) is 41.5 Å². The molecule has 0 radical (unpaired) electrons. The highest BCUT2D eigenvalue weighted by Crippen LogP contribution is 2.07. The molecule has 1 amide bonds. The van der Waals surface area contributed by atoms with E-state index in [1.165, 1.54) is 29.7 Å². The minimum absolute atomic E-state index is 0.271. The number of rotatable bonds is 3. The van der Waals surface area contributed by atoms with Crippen molar-refractivity contribution in [2.75, 3.05) is 0 Å². The Kier molecular flexibility index (Phi) is 3.62. The van der Waals surface area contributed by atoms with Crippen molar-refractivity contribution in [3.8, 4) is 0 Å². The molecule has 0 aliphatic heterocycles. The Bertz CT molecular complexity index is 537. The molecule has 5 heteroatoms. The second-order valence-corrected chi connectivity index (χ2v) is 4.18. The number of amides is 1. The number of hydrogen-bond donors (Lipinski definition) is 1. The van der Waals surface area contributed by atoms with Crippen LogP contribution in [0.2, 0.25) is 0 Å². The first kappa shape index (κ1) is 11.5. The van der Waals surface area contributed by atoms with Gasteiger partial charge in [0.15, 0.2) is 0 Å². The zero-order valence-electron chi connectivity index (χ0n) is 8.76. The van der Waals surface area contributed by atoms with Gasteiger partial charge in [-0.3, -0.25) is 4.79 Å². The van der Waals surface area contributed by atoms with Gasteiger partial charge in [-0.1, -0.05) is 18.2 Å². The second kappa shape index (κ2) is 5.36. The first-order chi connectivity index (χ1) is 8.25. The third-order valence-electron chi connectivity index (χ3n) is 1.97. The number of hydrogen-bond acceptors (Lipinski definition) is 3. The van der Waals surface area contributed by atoms with Gasteiger partial charge in [0.05, 0.1) is 11.1 Å². The van der Waals surface area contributed by atoms with Crippen LogP contribution in [0.4, 0.5) is 4.39 Å². The molecular formula is C12H9FN2OS. The van der Waals surface area contributed by atoms with Crippen LogP contribution in [0.25, 0.3) is 0 Å². The zero-order chi connectivity index (χ0) is 12.1. The number of nitrogens with one attached hydrogen (secondary N) is 1. The molecule has 0 atom stereocenters. The summed E-state index contributed by atoms with van der Waals surface area (Å²) in [6, 6.07) is 9.46.